The molecule has 1 fully saturated rings. The van der Waals surface area contributed by atoms with Gasteiger partial charge < -0.3 is 15.0 Å². The normalized spacial score (nSPS) is 20.4. The molecule has 0 radical (unpaired) electrons. The van der Waals surface area contributed by atoms with E-state index >= 15 is 0 Å². The fourth-order valence-corrected chi connectivity index (χ4v) is 5.17. The highest BCUT2D eigenvalue weighted by molar-refractivity contribution is 8.04. The van der Waals surface area contributed by atoms with Crippen molar-refractivity contribution in [3.05, 3.63) is 35.7 Å². The predicted molar refractivity (Wildman–Crippen MR) is 134 cm³/mol. The van der Waals surface area contributed by atoms with Gasteiger partial charge in [-0.1, -0.05) is 0 Å². The zero-order chi connectivity index (χ0) is 23.9. The maximum Gasteiger partial charge on any atom is 0.350 e. The summed E-state index contributed by atoms with van der Waals surface area (Å²) in [4.78, 5) is 46.6. The number of imide groups is 1. The molecular weight excluding hydrogens is 454 g/mol. The van der Waals surface area contributed by atoms with Crippen molar-refractivity contribution in [2.75, 3.05) is 57.8 Å². The van der Waals surface area contributed by atoms with Crippen molar-refractivity contribution in [2.45, 2.75) is 24.5 Å². The summed E-state index contributed by atoms with van der Waals surface area (Å²) in [5, 5.41) is 4.32. The first kappa shape index (κ1) is 24.3. The van der Waals surface area contributed by atoms with Crippen molar-refractivity contribution in [3.8, 4) is 5.75 Å². The summed E-state index contributed by atoms with van der Waals surface area (Å²) in [6, 6.07) is 7.63. The van der Waals surface area contributed by atoms with E-state index in [1.807, 2.05) is 12.1 Å². The van der Waals surface area contributed by atoms with Crippen molar-refractivity contribution >= 4 is 41.0 Å². The van der Waals surface area contributed by atoms with Crippen LogP contribution in [0.5, 0.6) is 5.75 Å². The molecule has 34 heavy (non-hydrogen) atoms. The molecule has 3 aliphatic heterocycles. The van der Waals surface area contributed by atoms with Crippen LogP contribution < -0.4 is 15.0 Å². The van der Waals surface area contributed by atoms with Crippen LogP contribution in [0, 0.1) is 0 Å². The maximum absolute atomic E-state index is 12.4. The van der Waals surface area contributed by atoms with Crippen LogP contribution in [0.2, 0.25) is 0 Å². The quantitative estimate of drug-likeness (QED) is 0.508. The Morgan fingerprint density at radius 2 is 1.88 bits per heavy atom. The molecule has 1 saturated heterocycles. The molecule has 0 aromatic heterocycles. The van der Waals surface area contributed by atoms with Crippen molar-refractivity contribution in [2.24, 2.45) is 4.99 Å². The van der Waals surface area contributed by atoms with Crippen molar-refractivity contribution in [1.29, 1.82) is 0 Å². The molecule has 4 amide bonds. The van der Waals surface area contributed by atoms with Gasteiger partial charge in [-0.3, -0.25) is 19.4 Å². The molecule has 0 bridgehead atoms. The zero-order valence-corrected chi connectivity index (χ0v) is 20.3. The number of carbonyl (C=O) groups excluding carboxylic acids is 3. The van der Waals surface area contributed by atoms with E-state index in [9.17, 15) is 14.4 Å². The fraction of sp³-hybridized carbons (Fsp3) is 0.500. The van der Waals surface area contributed by atoms with Crippen LogP contribution in [-0.2, 0) is 9.59 Å². The molecule has 3 aliphatic rings. The largest absolute Gasteiger partial charge is 0.497 e. The molecule has 10 heteroatoms. The van der Waals surface area contributed by atoms with E-state index in [1.165, 1.54) is 17.4 Å². The second-order valence-corrected chi connectivity index (χ2v) is 9.48. The summed E-state index contributed by atoms with van der Waals surface area (Å²) in [5.41, 5.74) is 1.74. The van der Waals surface area contributed by atoms with E-state index in [4.69, 9.17) is 4.74 Å². The number of nitrogens with one attached hydrogen (secondary N) is 1. The molecule has 0 aliphatic carbocycles. The second-order valence-electron chi connectivity index (χ2n) is 8.46. The number of amides is 4. The van der Waals surface area contributed by atoms with Crippen molar-refractivity contribution in [3.63, 3.8) is 0 Å². The van der Waals surface area contributed by atoms with Crippen LogP contribution in [0.1, 0.15) is 19.3 Å². The van der Waals surface area contributed by atoms with Gasteiger partial charge in [0.25, 0.3) is 0 Å². The molecule has 1 unspecified atom stereocenters. The topological polar surface area (TPSA) is 94.6 Å². The Bertz CT molecular complexity index is 957. The molecule has 0 spiro atoms. The van der Waals surface area contributed by atoms with Gasteiger partial charge in [-0.15, -0.1) is 11.8 Å². The average Bonchev–Trinajstić information content (AvgIpc) is 3.33. The van der Waals surface area contributed by atoms with Gasteiger partial charge >= 0.3 is 6.03 Å². The molecule has 9 nitrogen and oxygen atoms in total. The molecular formula is C24H31N5O4S. The van der Waals surface area contributed by atoms with Crippen LogP contribution in [0.4, 0.5) is 10.5 Å². The average molecular weight is 486 g/mol. The standard InChI is InChI=1S/C24H31N5O4S/c1-33-19-7-5-18(6-8-19)28-15-13-27(14-16-28)11-3-10-25-21(30)4-2-12-29-23(31)22-20(9-17-34-22)26-24(29)32/h5-9,17,22H,2-4,10-16H2,1H3,(H,25,30). The molecule has 1 N–H and O–H groups in total. The monoisotopic (exact) mass is 485 g/mol. The van der Waals surface area contributed by atoms with E-state index in [0.717, 1.165) is 49.8 Å². The first-order valence-electron chi connectivity index (χ1n) is 11.7. The third kappa shape index (κ3) is 5.98. The van der Waals surface area contributed by atoms with Gasteiger partial charge in [-0.2, -0.15) is 4.99 Å². The van der Waals surface area contributed by atoms with Gasteiger partial charge in [0.05, 0.1) is 12.8 Å². The summed E-state index contributed by atoms with van der Waals surface area (Å²) in [7, 11) is 1.67. The number of anilines is 1. The third-order valence-corrected chi connectivity index (χ3v) is 7.25. The summed E-state index contributed by atoms with van der Waals surface area (Å²) >= 11 is 1.36. The highest BCUT2D eigenvalue weighted by Gasteiger charge is 2.38. The SMILES string of the molecule is COc1ccc(N2CCN(CCCNC(=O)CCCN3C(=O)N=C4C=CSC4C3=O)CC2)cc1. The number of benzene rings is 1. The maximum atomic E-state index is 12.4. The summed E-state index contributed by atoms with van der Waals surface area (Å²) in [5.74, 6) is 0.575. The van der Waals surface area contributed by atoms with Crippen LogP contribution in [0.3, 0.4) is 0 Å². The van der Waals surface area contributed by atoms with E-state index in [2.05, 4.69) is 32.2 Å². The minimum absolute atomic E-state index is 0.0534. The number of piperazine rings is 1. The Kier molecular flexibility index (Phi) is 8.23. The van der Waals surface area contributed by atoms with Gasteiger partial charge in [0.1, 0.15) is 11.0 Å². The number of methoxy groups -OCH3 is 1. The Labute approximate surface area is 204 Å². The second kappa shape index (κ2) is 11.5. The molecule has 3 heterocycles. The molecule has 1 aromatic rings. The first-order valence-corrected chi connectivity index (χ1v) is 12.6. The Morgan fingerprint density at radius 1 is 1.12 bits per heavy atom. The lowest BCUT2D eigenvalue weighted by molar-refractivity contribution is -0.127. The first-order chi connectivity index (χ1) is 16.5. The number of thioether (sulfide) groups is 1. The highest BCUT2D eigenvalue weighted by atomic mass is 32.2. The van der Waals surface area contributed by atoms with Crippen LogP contribution >= 0.6 is 11.8 Å². The minimum atomic E-state index is -0.532. The van der Waals surface area contributed by atoms with E-state index in [-0.39, 0.29) is 24.8 Å². The van der Waals surface area contributed by atoms with Crippen molar-refractivity contribution < 1.29 is 19.1 Å². The number of fused-ring (bicyclic) bond motifs is 1. The Balaban J connectivity index is 1.07. The van der Waals surface area contributed by atoms with Gasteiger partial charge in [-0.25, -0.2) is 4.79 Å². The molecule has 0 saturated carbocycles. The van der Waals surface area contributed by atoms with Gasteiger partial charge in [0.15, 0.2) is 0 Å². The number of ether oxygens (including phenoxy) is 1. The number of hydrogen-bond donors (Lipinski definition) is 1. The summed E-state index contributed by atoms with van der Waals surface area (Å²) < 4.78 is 5.22. The van der Waals surface area contributed by atoms with E-state index in [1.54, 1.807) is 18.6 Å². The Morgan fingerprint density at radius 3 is 2.62 bits per heavy atom. The van der Waals surface area contributed by atoms with Gasteiger partial charge in [0, 0.05) is 51.4 Å². The van der Waals surface area contributed by atoms with Crippen LogP contribution in [0.15, 0.2) is 40.7 Å². The summed E-state index contributed by atoms with van der Waals surface area (Å²) in [6.45, 7) is 5.74. The number of urea groups is 1. The number of rotatable bonds is 10. The molecule has 182 valence electrons. The molecule has 1 aromatic carbocycles. The minimum Gasteiger partial charge on any atom is -0.497 e. The van der Waals surface area contributed by atoms with E-state index < -0.39 is 11.3 Å². The van der Waals surface area contributed by atoms with Crippen LogP contribution in [-0.4, -0.2) is 91.5 Å². The lowest BCUT2D eigenvalue weighted by atomic mass is 10.2. The lowest BCUT2D eigenvalue weighted by Gasteiger charge is -2.36. The van der Waals surface area contributed by atoms with Crippen LogP contribution in [0.25, 0.3) is 0 Å². The summed E-state index contributed by atoms with van der Waals surface area (Å²) in [6.07, 6.45) is 3.31. The third-order valence-electron chi connectivity index (χ3n) is 6.24. The zero-order valence-electron chi connectivity index (χ0n) is 19.4. The van der Waals surface area contributed by atoms with Gasteiger partial charge in [-0.05, 0) is 55.1 Å². The smallest absolute Gasteiger partial charge is 0.350 e. The number of allylic oxidation sites excluding steroid dienone is 1. The number of hydrogen-bond acceptors (Lipinski definition) is 7. The molecule has 1 atom stereocenters. The predicted octanol–water partition coefficient (Wildman–Crippen LogP) is 2.14. The van der Waals surface area contributed by atoms with E-state index in [0.29, 0.717) is 18.7 Å². The molecule has 4 rings (SSSR count). The fourth-order valence-electron chi connectivity index (χ4n) is 4.28. The number of nitrogens with zero attached hydrogens (tertiary/aromatic N) is 4. The highest BCUT2D eigenvalue weighted by Crippen LogP contribution is 2.28. The lowest BCUT2D eigenvalue weighted by Crippen LogP contribution is -2.47. The van der Waals surface area contributed by atoms with Gasteiger partial charge in [0.2, 0.25) is 11.8 Å². The van der Waals surface area contributed by atoms with Crippen molar-refractivity contribution in [1.82, 2.24) is 15.1 Å². The number of aliphatic imine (C=N–C) groups is 1. The Hall–Kier alpha value is -2.85. The number of carbonyl (C=O) groups is 3.